The van der Waals surface area contributed by atoms with Gasteiger partial charge in [-0.05, 0) is 23.8 Å². The molecule has 0 saturated carbocycles. The first kappa shape index (κ1) is 17.4. The summed E-state index contributed by atoms with van der Waals surface area (Å²) in [5.74, 6) is -2.01. The molecular weight excluding hydrogens is 368 g/mol. The average Bonchev–Trinajstić information content (AvgIpc) is 2.86. The molecule has 1 aliphatic rings. The third-order valence-electron chi connectivity index (χ3n) is 3.84. The summed E-state index contributed by atoms with van der Waals surface area (Å²) >= 11 is 0. The van der Waals surface area contributed by atoms with Crippen molar-refractivity contribution in [1.82, 2.24) is 0 Å². The van der Waals surface area contributed by atoms with Gasteiger partial charge in [-0.15, -0.1) is 0 Å². The van der Waals surface area contributed by atoms with Gasteiger partial charge in [0.25, 0.3) is 0 Å². The SMILES string of the molecule is O=C(O)COc1cccc2c1S(=O)(=O)CC2S(=O)(=O)c1ccccc1. The van der Waals surface area contributed by atoms with Gasteiger partial charge in [-0.1, -0.05) is 30.3 Å². The van der Waals surface area contributed by atoms with E-state index in [0.29, 0.717) is 0 Å². The second kappa shape index (κ2) is 6.16. The van der Waals surface area contributed by atoms with Crippen molar-refractivity contribution in [2.45, 2.75) is 15.0 Å². The lowest BCUT2D eigenvalue weighted by Crippen LogP contribution is -2.15. The molecular formula is C16H14O7S2. The Morgan fingerprint density at radius 3 is 2.44 bits per heavy atom. The van der Waals surface area contributed by atoms with E-state index < -0.39 is 43.3 Å². The molecule has 0 spiro atoms. The molecule has 9 heteroatoms. The first-order valence-electron chi connectivity index (χ1n) is 7.22. The molecule has 0 bridgehead atoms. The summed E-state index contributed by atoms with van der Waals surface area (Å²) in [7, 11) is -7.84. The normalized spacial score (nSPS) is 18.5. The van der Waals surface area contributed by atoms with Gasteiger partial charge in [-0.25, -0.2) is 21.6 Å². The van der Waals surface area contributed by atoms with Gasteiger partial charge in [0.05, 0.1) is 10.6 Å². The van der Waals surface area contributed by atoms with Gasteiger partial charge in [0.1, 0.15) is 15.9 Å². The van der Waals surface area contributed by atoms with Gasteiger partial charge < -0.3 is 9.84 Å². The van der Waals surface area contributed by atoms with Crippen LogP contribution in [-0.2, 0) is 24.5 Å². The minimum atomic E-state index is -3.92. The van der Waals surface area contributed by atoms with Crippen LogP contribution in [0.15, 0.2) is 58.3 Å². The van der Waals surface area contributed by atoms with Gasteiger partial charge in [0.2, 0.25) is 0 Å². The predicted molar refractivity (Wildman–Crippen MR) is 88.0 cm³/mol. The van der Waals surface area contributed by atoms with Crippen molar-refractivity contribution in [3.05, 3.63) is 54.1 Å². The molecule has 2 aromatic rings. The standard InChI is InChI=1S/C16H14O7S2/c17-15(18)9-23-13-8-4-7-12-14(10-24(19,20)16(12)13)25(21,22)11-5-2-1-3-6-11/h1-8,14H,9-10H2,(H,17,18). The van der Waals surface area contributed by atoms with Crippen LogP contribution in [0.2, 0.25) is 0 Å². The molecule has 2 aromatic carbocycles. The lowest BCUT2D eigenvalue weighted by atomic mass is 10.1. The highest BCUT2D eigenvalue weighted by Crippen LogP contribution is 2.44. The number of carboxylic acids is 1. The van der Waals surface area contributed by atoms with Crippen molar-refractivity contribution in [1.29, 1.82) is 0 Å². The van der Waals surface area contributed by atoms with Crippen molar-refractivity contribution in [3.63, 3.8) is 0 Å². The Hall–Kier alpha value is -2.39. The lowest BCUT2D eigenvalue weighted by molar-refractivity contribution is -0.139. The van der Waals surface area contributed by atoms with Gasteiger partial charge in [-0.2, -0.15) is 0 Å². The van der Waals surface area contributed by atoms with Crippen molar-refractivity contribution in [2.75, 3.05) is 12.4 Å². The fourth-order valence-corrected chi connectivity index (χ4v) is 7.25. The third kappa shape index (κ3) is 3.12. The number of benzene rings is 2. The van der Waals surface area contributed by atoms with Gasteiger partial charge in [0.15, 0.2) is 26.3 Å². The topological polar surface area (TPSA) is 115 Å². The number of rotatable bonds is 5. The van der Waals surface area contributed by atoms with E-state index in [4.69, 9.17) is 9.84 Å². The van der Waals surface area contributed by atoms with Crippen molar-refractivity contribution in [2.24, 2.45) is 0 Å². The van der Waals surface area contributed by atoms with Crippen LogP contribution in [0.4, 0.5) is 0 Å². The van der Waals surface area contributed by atoms with E-state index in [9.17, 15) is 21.6 Å². The fraction of sp³-hybridized carbons (Fsp3) is 0.188. The van der Waals surface area contributed by atoms with Crippen LogP contribution in [0, 0.1) is 0 Å². The van der Waals surface area contributed by atoms with Gasteiger partial charge in [0, 0.05) is 0 Å². The third-order valence-corrected chi connectivity index (χ3v) is 7.98. The average molecular weight is 382 g/mol. The number of sulfone groups is 2. The predicted octanol–water partition coefficient (Wildman–Crippen LogP) is 1.45. The largest absolute Gasteiger partial charge is 0.481 e. The summed E-state index contributed by atoms with van der Waals surface area (Å²) in [6.45, 7) is -0.720. The monoisotopic (exact) mass is 382 g/mol. The summed E-state index contributed by atoms with van der Waals surface area (Å²) in [6, 6.07) is 11.8. The summed E-state index contributed by atoms with van der Waals surface area (Å²) < 4.78 is 55.8. The molecule has 1 heterocycles. The van der Waals surface area contributed by atoms with Crippen molar-refractivity contribution >= 4 is 25.6 Å². The number of fused-ring (bicyclic) bond motifs is 1. The molecule has 0 radical (unpaired) electrons. The highest BCUT2D eigenvalue weighted by atomic mass is 32.2. The number of hydrogen-bond acceptors (Lipinski definition) is 6. The second-order valence-electron chi connectivity index (χ2n) is 5.49. The maximum atomic E-state index is 12.9. The minimum Gasteiger partial charge on any atom is -0.481 e. The van der Waals surface area contributed by atoms with E-state index >= 15 is 0 Å². The number of hydrogen-bond donors (Lipinski definition) is 1. The number of carboxylic acid groups (broad SMARTS) is 1. The molecule has 1 aliphatic heterocycles. The molecule has 0 aromatic heterocycles. The van der Waals surface area contributed by atoms with Crippen LogP contribution in [0.1, 0.15) is 10.8 Å². The fourth-order valence-electron chi connectivity index (χ4n) is 2.78. The molecule has 1 N–H and O–H groups in total. The smallest absolute Gasteiger partial charge is 0.341 e. The van der Waals surface area contributed by atoms with E-state index in [0.717, 1.165) is 0 Å². The van der Waals surface area contributed by atoms with E-state index in [-0.39, 0.29) is 21.1 Å². The van der Waals surface area contributed by atoms with E-state index in [1.165, 1.54) is 30.3 Å². The maximum absolute atomic E-state index is 12.9. The minimum absolute atomic E-state index is 0.0277. The van der Waals surface area contributed by atoms with Gasteiger partial charge in [-0.3, -0.25) is 0 Å². The van der Waals surface area contributed by atoms with Gasteiger partial charge >= 0.3 is 5.97 Å². The molecule has 7 nitrogen and oxygen atoms in total. The van der Waals surface area contributed by atoms with Crippen molar-refractivity contribution < 1.29 is 31.5 Å². The summed E-state index contributed by atoms with van der Waals surface area (Å²) in [6.07, 6.45) is 0. The summed E-state index contributed by atoms with van der Waals surface area (Å²) in [4.78, 5) is 10.5. The first-order chi connectivity index (χ1) is 11.7. The van der Waals surface area contributed by atoms with Crippen LogP contribution >= 0.6 is 0 Å². The van der Waals surface area contributed by atoms with Crippen LogP contribution in [-0.4, -0.2) is 40.3 Å². The van der Waals surface area contributed by atoms with Crippen LogP contribution in [0.5, 0.6) is 5.75 Å². The zero-order valence-corrected chi connectivity index (χ0v) is 14.5. The van der Waals surface area contributed by atoms with Crippen LogP contribution in [0.3, 0.4) is 0 Å². The Kier molecular flexibility index (Phi) is 4.29. The number of aliphatic carboxylic acids is 1. The Labute approximate surface area is 144 Å². The highest BCUT2D eigenvalue weighted by molar-refractivity contribution is 7.96. The highest BCUT2D eigenvalue weighted by Gasteiger charge is 2.44. The number of ether oxygens (including phenoxy) is 1. The molecule has 0 fully saturated rings. The lowest BCUT2D eigenvalue weighted by Gasteiger charge is -2.12. The maximum Gasteiger partial charge on any atom is 0.341 e. The Balaban J connectivity index is 2.12. The van der Waals surface area contributed by atoms with Crippen LogP contribution < -0.4 is 4.74 Å². The Morgan fingerprint density at radius 2 is 1.80 bits per heavy atom. The molecule has 25 heavy (non-hydrogen) atoms. The zero-order chi connectivity index (χ0) is 18.2. The molecule has 1 atom stereocenters. The molecule has 1 unspecified atom stereocenters. The molecule has 0 amide bonds. The quantitative estimate of drug-likeness (QED) is 0.832. The Bertz CT molecular complexity index is 1030. The summed E-state index contributed by atoms with van der Waals surface area (Å²) in [5.41, 5.74) is 0.103. The van der Waals surface area contributed by atoms with Crippen LogP contribution in [0.25, 0.3) is 0 Å². The first-order valence-corrected chi connectivity index (χ1v) is 10.4. The van der Waals surface area contributed by atoms with E-state index in [2.05, 4.69) is 0 Å². The van der Waals surface area contributed by atoms with E-state index in [1.54, 1.807) is 18.2 Å². The van der Waals surface area contributed by atoms with E-state index in [1.807, 2.05) is 0 Å². The molecule has 0 saturated heterocycles. The second-order valence-corrected chi connectivity index (χ2v) is 9.59. The van der Waals surface area contributed by atoms with Crippen molar-refractivity contribution in [3.8, 4) is 5.75 Å². The molecule has 0 aliphatic carbocycles. The zero-order valence-electron chi connectivity index (χ0n) is 12.8. The molecule has 132 valence electrons. The molecule has 3 rings (SSSR count). The summed E-state index contributed by atoms with van der Waals surface area (Å²) in [5, 5.41) is 7.45. The Morgan fingerprint density at radius 1 is 1.12 bits per heavy atom. The number of carbonyl (C=O) groups is 1.